The van der Waals surface area contributed by atoms with E-state index in [1.54, 1.807) is 6.20 Å². The second kappa shape index (κ2) is 5.31. The van der Waals surface area contributed by atoms with Gasteiger partial charge in [0.05, 0.1) is 19.1 Å². The van der Waals surface area contributed by atoms with Crippen LogP contribution in [0.15, 0.2) is 54.9 Å². The van der Waals surface area contributed by atoms with Gasteiger partial charge in [-0.2, -0.15) is 0 Å². The van der Waals surface area contributed by atoms with Gasteiger partial charge < -0.3 is 14.5 Å². The fraction of sp³-hybridized carbons (Fsp3) is 0.235. The predicted octanol–water partition coefficient (Wildman–Crippen LogP) is 3.07. The number of rotatable bonds is 3. The first kappa shape index (κ1) is 12.6. The molecule has 0 saturated carbocycles. The molecule has 1 aliphatic heterocycles. The monoisotopic (exact) mass is 280 g/mol. The number of ether oxygens (including phenoxy) is 2. The number of nitrogens with one attached hydrogen (secondary N) is 1. The fourth-order valence-electron chi connectivity index (χ4n) is 2.88. The van der Waals surface area contributed by atoms with E-state index in [1.807, 2.05) is 24.4 Å². The van der Waals surface area contributed by atoms with E-state index >= 15 is 0 Å². The fourth-order valence-corrected chi connectivity index (χ4v) is 2.88. The molecule has 1 fully saturated rings. The van der Waals surface area contributed by atoms with E-state index in [2.05, 4.69) is 34.2 Å². The third kappa shape index (κ3) is 2.33. The zero-order chi connectivity index (χ0) is 14.1. The van der Waals surface area contributed by atoms with E-state index in [0.717, 1.165) is 16.8 Å². The zero-order valence-electron chi connectivity index (χ0n) is 11.5. The number of aromatic amines is 1. The van der Waals surface area contributed by atoms with Crippen LogP contribution < -0.4 is 0 Å². The SMILES string of the molecule is c1cncc(C(c2cc3ccccc3[nH]2)C2OCCO2)c1. The summed E-state index contributed by atoms with van der Waals surface area (Å²) in [4.78, 5) is 7.71. The number of pyridine rings is 1. The molecule has 4 heteroatoms. The van der Waals surface area contributed by atoms with Gasteiger partial charge in [0.25, 0.3) is 0 Å². The Morgan fingerprint density at radius 3 is 2.71 bits per heavy atom. The van der Waals surface area contributed by atoms with Crippen LogP contribution in [0.4, 0.5) is 0 Å². The van der Waals surface area contributed by atoms with Crippen LogP contribution in [0.1, 0.15) is 17.2 Å². The largest absolute Gasteiger partial charge is 0.358 e. The molecular formula is C17H16N2O2. The highest BCUT2D eigenvalue weighted by Gasteiger charge is 2.31. The van der Waals surface area contributed by atoms with Crippen LogP contribution in [0, 0.1) is 0 Å². The van der Waals surface area contributed by atoms with Gasteiger partial charge in [0.1, 0.15) is 0 Å². The van der Waals surface area contributed by atoms with E-state index < -0.39 is 0 Å². The summed E-state index contributed by atoms with van der Waals surface area (Å²) in [6, 6.07) is 14.4. The average molecular weight is 280 g/mol. The zero-order valence-corrected chi connectivity index (χ0v) is 11.5. The normalized spacial score (nSPS) is 17.3. The van der Waals surface area contributed by atoms with Crippen molar-refractivity contribution in [3.63, 3.8) is 0 Å². The highest BCUT2D eigenvalue weighted by Crippen LogP contribution is 2.33. The Balaban J connectivity index is 1.81. The van der Waals surface area contributed by atoms with Crippen molar-refractivity contribution >= 4 is 10.9 Å². The summed E-state index contributed by atoms with van der Waals surface area (Å²) >= 11 is 0. The summed E-state index contributed by atoms with van der Waals surface area (Å²) in [5, 5.41) is 1.19. The van der Waals surface area contributed by atoms with Crippen molar-refractivity contribution < 1.29 is 9.47 Å². The minimum Gasteiger partial charge on any atom is -0.358 e. The molecule has 1 aliphatic rings. The maximum absolute atomic E-state index is 5.75. The number of para-hydroxylation sites is 1. The summed E-state index contributed by atoms with van der Waals surface area (Å²) in [6.07, 6.45) is 3.39. The van der Waals surface area contributed by atoms with E-state index in [4.69, 9.17) is 9.47 Å². The lowest BCUT2D eigenvalue weighted by atomic mass is 9.96. The van der Waals surface area contributed by atoms with Crippen molar-refractivity contribution in [3.05, 3.63) is 66.1 Å². The van der Waals surface area contributed by atoms with Gasteiger partial charge in [-0.05, 0) is 29.1 Å². The highest BCUT2D eigenvalue weighted by atomic mass is 16.7. The highest BCUT2D eigenvalue weighted by molar-refractivity contribution is 5.80. The Bertz CT molecular complexity index is 700. The molecule has 21 heavy (non-hydrogen) atoms. The molecule has 106 valence electrons. The number of fused-ring (bicyclic) bond motifs is 1. The summed E-state index contributed by atoms with van der Waals surface area (Å²) in [5.41, 5.74) is 3.31. The number of hydrogen-bond acceptors (Lipinski definition) is 3. The van der Waals surface area contributed by atoms with Crippen LogP contribution in [0.5, 0.6) is 0 Å². The van der Waals surface area contributed by atoms with E-state index in [9.17, 15) is 0 Å². The number of nitrogens with zero attached hydrogens (tertiary/aromatic N) is 1. The number of benzene rings is 1. The van der Waals surface area contributed by atoms with Crippen molar-refractivity contribution in [2.45, 2.75) is 12.2 Å². The second-order valence-corrected chi connectivity index (χ2v) is 5.19. The molecule has 1 saturated heterocycles. The van der Waals surface area contributed by atoms with Gasteiger partial charge in [-0.25, -0.2) is 0 Å². The van der Waals surface area contributed by atoms with E-state index in [-0.39, 0.29) is 12.2 Å². The Morgan fingerprint density at radius 1 is 1.10 bits per heavy atom. The summed E-state index contributed by atoms with van der Waals surface area (Å²) in [7, 11) is 0. The van der Waals surface area contributed by atoms with Gasteiger partial charge >= 0.3 is 0 Å². The topological polar surface area (TPSA) is 47.1 Å². The minimum absolute atomic E-state index is 0.00796. The van der Waals surface area contributed by atoms with Gasteiger partial charge in [-0.3, -0.25) is 4.98 Å². The lowest BCUT2D eigenvalue weighted by Crippen LogP contribution is -2.21. The van der Waals surface area contributed by atoms with Gasteiger partial charge in [0.2, 0.25) is 0 Å². The molecule has 1 unspecified atom stereocenters. The second-order valence-electron chi connectivity index (χ2n) is 5.19. The molecule has 4 nitrogen and oxygen atoms in total. The first-order valence-electron chi connectivity index (χ1n) is 7.12. The van der Waals surface area contributed by atoms with Crippen LogP contribution in [-0.4, -0.2) is 29.5 Å². The van der Waals surface area contributed by atoms with Crippen molar-refractivity contribution in [2.75, 3.05) is 13.2 Å². The molecule has 2 aromatic heterocycles. The standard InChI is InChI=1S/C17H16N2O2/c1-2-6-14-12(4-1)10-15(19-14)16(17-20-8-9-21-17)13-5-3-7-18-11-13/h1-7,10-11,16-17,19H,8-9H2. The maximum atomic E-state index is 5.75. The Kier molecular flexibility index (Phi) is 3.18. The van der Waals surface area contributed by atoms with Crippen molar-refractivity contribution in [3.8, 4) is 0 Å². The first-order chi connectivity index (χ1) is 10.4. The Hall–Kier alpha value is -2.17. The lowest BCUT2D eigenvalue weighted by molar-refractivity contribution is -0.0530. The molecule has 0 amide bonds. The summed E-state index contributed by atoms with van der Waals surface area (Å²) in [5.74, 6) is 0.00796. The molecule has 1 N–H and O–H groups in total. The third-order valence-corrected chi connectivity index (χ3v) is 3.85. The van der Waals surface area contributed by atoms with Gasteiger partial charge in [0.15, 0.2) is 6.29 Å². The number of aromatic nitrogens is 2. The van der Waals surface area contributed by atoms with Gasteiger partial charge in [-0.15, -0.1) is 0 Å². The molecule has 1 aromatic carbocycles. The maximum Gasteiger partial charge on any atom is 0.170 e. The molecule has 0 aliphatic carbocycles. The van der Waals surface area contributed by atoms with Crippen molar-refractivity contribution in [1.82, 2.24) is 9.97 Å². The third-order valence-electron chi connectivity index (χ3n) is 3.85. The lowest BCUT2D eigenvalue weighted by Gasteiger charge is -2.21. The molecular weight excluding hydrogens is 264 g/mol. The van der Waals surface area contributed by atoms with E-state index in [1.165, 1.54) is 5.39 Å². The van der Waals surface area contributed by atoms with Gasteiger partial charge in [-0.1, -0.05) is 24.3 Å². The molecule has 0 bridgehead atoms. The smallest absolute Gasteiger partial charge is 0.170 e. The molecule has 3 heterocycles. The molecule has 1 atom stereocenters. The Labute approximate surface area is 122 Å². The predicted molar refractivity (Wildman–Crippen MR) is 80.1 cm³/mol. The van der Waals surface area contributed by atoms with Crippen LogP contribution in [0.3, 0.4) is 0 Å². The Morgan fingerprint density at radius 2 is 1.95 bits per heavy atom. The van der Waals surface area contributed by atoms with Crippen LogP contribution in [0.25, 0.3) is 10.9 Å². The van der Waals surface area contributed by atoms with Crippen molar-refractivity contribution in [2.24, 2.45) is 0 Å². The van der Waals surface area contributed by atoms with E-state index in [0.29, 0.717) is 13.2 Å². The summed E-state index contributed by atoms with van der Waals surface area (Å²) < 4.78 is 11.5. The molecule has 0 radical (unpaired) electrons. The molecule has 4 rings (SSSR count). The molecule has 0 spiro atoms. The first-order valence-corrected chi connectivity index (χ1v) is 7.12. The van der Waals surface area contributed by atoms with Crippen LogP contribution in [0.2, 0.25) is 0 Å². The summed E-state index contributed by atoms with van der Waals surface area (Å²) in [6.45, 7) is 1.28. The van der Waals surface area contributed by atoms with Crippen LogP contribution >= 0.6 is 0 Å². The van der Waals surface area contributed by atoms with Crippen LogP contribution in [-0.2, 0) is 9.47 Å². The quantitative estimate of drug-likeness (QED) is 0.802. The van der Waals surface area contributed by atoms with Crippen molar-refractivity contribution in [1.29, 1.82) is 0 Å². The minimum atomic E-state index is -0.262. The number of hydrogen-bond donors (Lipinski definition) is 1. The molecule has 3 aromatic rings. The van der Waals surface area contributed by atoms with Gasteiger partial charge in [0, 0.05) is 23.6 Å². The average Bonchev–Trinajstić information content (AvgIpc) is 3.18. The number of H-pyrrole nitrogens is 1.